The van der Waals surface area contributed by atoms with E-state index < -0.39 is 0 Å². The summed E-state index contributed by atoms with van der Waals surface area (Å²) in [5.74, 6) is 0. The van der Waals surface area contributed by atoms with Gasteiger partial charge in [0.25, 0.3) is 0 Å². The van der Waals surface area contributed by atoms with Crippen molar-refractivity contribution in [1.82, 2.24) is 5.32 Å². The Kier molecular flexibility index (Phi) is 4.98. The van der Waals surface area contributed by atoms with Gasteiger partial charge in [-0.1, -0.05) is 24.6 Å². The number of hydrogen-bond acceptors (Lipinski definition) is 2. The normalized spacial score (nSPS) is 19.4. The van der Waals surface area contributed by atoms with Crippen molar-refractivity contribution in [2.75, 3.05) is 18.0 Å². The lowest BCUT2D eigenvalue weighted by Gasteiger charge is -2.34. The van der Waals surface area contributed by atoms with Gasteiger partial charge in [0.1, 0.15) is 0 Å². The Morgan fingerprint density at radius 3 is 2.70 bits per heavy atom. The Hall–Kier alpha value is -0.730. The van der Waals surface area contributed by atoms with Crippen LogP contribution >= 0.6 is 11.6 Å². The van der Waals surface area contributed by atoms with Crippen LogP contribution in [-0.4, -0.2) is 18.6 Å². The number of nitrogens with one attached hydrogen (secondary N) is 1. The van der Waals surface area contributed by atoms with E-state index in [1.807, 2.05) is 0 Å². The van der Waals surface area contributed by atoms with Crippen LogP contribution in [-0.2, 0) is 0 Å². The highest BCUT2D eigenvalue weighted by atomic mass is 35.5. The fourth-order valence-electron chi connectivity index (χ4n) is 3.04. The molecule has 0 aliphatic carbocycles. The number of hydrogen-bond donors (Lipinski definition) is 1. The Bertz CT molecular complexity index is 456. The second-order valence-electron chi connectivity index (χ2n) is 6.45. The summed E-state index contributed by atoms with van der Waals surface area (Å²) in [6, 6.07) is 6.88. The third kappa shape index (κ3) is 3.29. The quantitative estimate of drug-likeness (QED) is 0.841. The Morgan fingerprint density at radius 1 is 1.40 bits per heavy atom. The molecule has 2 nitrogen and oxygen atoms in total. The number of nitrogens with zero attached hydrogens (tertiary/aromatic N) is 1. The molecular formula is C17H27ClN2. The van der Waals surface area contributed by atoms with Crippen LogP contribution in [0.2, 0.25) is 5.02 Å². The standard InChI is InChI=1S/C17H27ClN2/c1-5-10-19-13(2)14-7-8-16(15(18)12-14)20-11-6-9-17(20,3)4/h7-8,12-13,19H,5-6,9-11H2,1-4H3. The summed E-state index contributed by atoms with van der Waals surface area (Å²) in [4.78, 5) is 2.45. The number of rotatable bonds is 5. The summed E-state index contributed by atoms with van der Waals surface area (Å²) in [7, 11) is 0. The van der Waals surface area contributed by atoms with Crippen molar-refractivity contribution in [2.45, 2.75) is 58.5 Å². The molecule has 1 unspecified atom stereocenters. The third-order valence-corrected chi connectivity index (χ3v) is 4.67. The van der Waals surface area contributed by atoms with Crippen molar-refractivity contribution < 1.29 is 0 Å². The molecule has 0 radical (unpaired) electrons. The molecule has 1 aromatic rings. The lowest BCUT2D eigenvalue weighted by molar-refractivity contribution is 0.518. The predicted octanol–water partition coefficient (Wildman–Crippen LogP) is 4.78. The van der Waals surface area contributed by atoms with Gasteiger partial charge in [-0.2, -0.15) is 0 Å². The molecule has 1 fully saturated rings. The highest BCUT2D eigenvalue weighted by Gasteiger charge is 2.33. The van der Waals surface area contributed by atoms with Gasteiger partial charge < -0.3 is 10.2 Å². The van der Waals surface area contributed by atoms with Crippen LogP contribution < -0.4 is 10.2 Å². The average Bonchev–Trinajstić information content (AvgIpc) is 2.75. The molecule has 2 rings (SSSR count). The molecule has 0 saturated carbocycles. The first-order valence-corrected chi connectivity index (χ1v) is 8.14. The average molecular weight is 295 g/mol. The SMILES string of the molecule is CCCNC(C)c1ccc(N2CCCC2(C)C)c(Cl)c1. The molecule has 1 atom stereocenters. The van der Waals surface area contributed by atoms with E-state index >= 15 is 0 Å². The molecule has 0 spiro atoms. The zero-order valence-electron chi connectivity index (χ0n) is 13.2. The maximum atomic E-state index is 6.55. The van der Waals surface area contributed by atoms with Crippen LogP contribution in [0.4, 0.5) is 5.69 Å². The van der Waals surface area contributed by atoms with Crippen LogP contribution in [0.15, 0.2) is 18.2 Å². The lowest BCUT2D eigenvalue weighted by Crippen LogP contribution is -2.38. The van der Waals surface area contributed by atoms with Gasteiger partial charge in [0.2, 0.25) is 0 Å². The topological polar surface area (TPSA) is 15.3 Å². The van der Waals surface area contributed by atoms with E-state index in [2.05, 4.69) is 56.1 Å². The summed E-state index contributed by atoms with van der Waals surface area (Å²) in [5.41, 5.74) is 2.67. The summed E-state index contributed by atoms with van der Waals surface area (Å²) in [6.45, 7) is 11.1. The van der Waals surface area contributed by atoms with E-state index in [0.29, 0.717) is 6.04 Å². The first kappa shape index (κ1) is 15.7. The maximum absolute atomic E-state index is 6.55. The van der Waals surface area contributed by atoms with Gasteiger partial charge in [0, 0.05) is 18.1 Å². The van der Waals surface area contributed by atoms with Crippen molar-refractivity contribution in [3.05, 3.63) is 28.8 Å². The van der Waals surface area contributed by atoms with E-state index in [4.69, 9.17) is 11.6 Å². The minimum Gasteiger partial charge on any atom is -0.365 e. The largest absolute Gasteiger partial charge is 0.365 e. The van der Waals surface area contributed by atoms with Crippen LogP contribution in [0.3, 0.4) is 0 Å². The molecule has 1 aliphatic heterocycles. The van der Waals surface area contributed by atoms with Gasteiger partial charge in [-0.3, -0.25) is 0 Å². The van der Waals surface area contributed by atoms with Crippen molar-refractivity contribution in [3.63, 3.8) is 0 Å². The van der Waals surface area contributed by atoms with Crippen molar-refractivity contribution in [3.8, 4) is 0 Å². The molecule has 3 heteroatoms. The molecule has 1 aliphatic rings. The van der Waals surface area contributed by atoms with Crippen molar-refractivity contribution in [2.24, 2.45) is 0 Å². The van der Waals surface area contributed by atoms with E-state index in [-0.39, 0.29) is 5.54 Å². The summed E-state index contributed by atoms with van der Waals surface area (Å²) >= 11 is 6.55. The molecule has 112 valence electrons. The highest BCUT2D eigenvalue weighted by molar-refractivity contribution is 6.33. The number of halogens is 1. The summed E-state index contributed by atoms with van der Waals surface area (Å²) in [5, 5.41) is 4.39. The van der Waals surface area contributed by atoms with Crippen LogP contribution in [0.1, 0.15) is 58.6 Å². The van der Waals surface area contributed by atoms with Crippen molar-refractivity contribution >= 4 is 17.3 Å². The first-order chi connectivity index (χ1) is 9.45. The van der Waals surface area contributed by atoms with Crippen LogP contribution in [0, 0.1) is 0 Å². The molecule has 1 saturated heterocycles. The number of anilines is 1. The first-order valence-electron chi connectivity index (χ1n) is 7.76. The molecule has 0 amide bonds. The Morgan fingerprint density at radius 2 is 2.15 bits per heavy atom. The monoisotopic (exact) mass is 294 g/mol. The van der Waals surface area contributed by atoms with Crippen LogP contribution in [0.5, 0.6) is 0 Å². The fraction of sp³-hybridized carbons (Fsp3) is 0.647. The zero-order chi connectivity index (χ0) is 14.8. The van der Waals surface area contributed by atoms with Crippen molar-refractivity contribution in [1.29, 1.82) is 0 Å². The summed E-state index contributed by atoms with van der Waals surface area (Å²) < 4.78 is 0. The van der Waals surface area contributed by atoms with E-state index in [1.54, 1.807) is 0 Å². The molecule has 0 aromatic heterocycles. The minimum atomic E-state index is 0.219. The predicted molar refractivity (Wildman–Crippen MR) is 88.8 cm³/mol. The van der Waals surface area contributed by atoms with E-state index in [1.165, 1.54) is 24.1 Å². The molecule has 1 N–H and O–H groups in total. The van der Waals surface area contributed by atoms with E-state index in [0.717, 1.165) is 24.5 Å². The van der Waals surface area contributed by atoms with Gasteiger partial charge in [-0.15, -0.1) is 0 Å². The third-order valence-electron chi connectivity index (χ3n) is 4.36. The molecule has 20 heavy (non-hydrogen) atoms. The maximum Gasteiger partial charge on any atom is 0.0643 e. The van der Waals surface area contributed by atoms with Gasteiger partial charge in [0.05, 0.1) is 10.7 Å². The molecule has 1 aromatic carbocycles. The fourth-order valence-corrected chi connectivity index (χ4v) is 3.34. The van der Waals surface area contributed by atoms with Gasteiger partial charge in [-0.05, 0) is 64.3 Å². The van der Waals surface area contributed by atoms with Gasteiger partial charge in [-0.25, -0.2) is 0 Å². The highest BCUT2D eigenvalue weighted by Crippen LogP contribution is 2.38. The summed E-state index contributed by atoms with van der Waals surface area (Å²) in [6.07, 6.45) is 3.64. The second-order valence-corrected chi connectivity index (χ2v) is 6.86. The molecule has 0 bridgehead atoms. The zero-order valence-corrected chi connectivity index (χ0v) is 13.9. The van der Waals surface area contributed by atoms with E-state index in [9.17, 15) is 0 Å². The van der Waals surface area contributed by atoms with Gasteiger partial charge >= 0.3 is 0 Å². The lowest BCUT2D eigenvalue weighted by atomic mass is 10.0. The Labute approximate surface area is 128 Å². The van der Waals surface area contributed by atoms with Crippen LogP contribution in [0.25, 0.3) is 0 Å². The van der Waals surface area contributed by atoms with Gasteiger partial charge in [0.15, 0.2) is 0 Å². The Balaban J connectivity index is 2.18. The number of benzene rings is 1. The second kappa shape index (κ2) is 6.36. The molecule has 1 heterocycles. The molecular weight excluding hydrogens is 268 g/mol. The smallest absolute Gasteiger partial charge is 0.0643 e. The minimum absolute atomic E-state index is 0.219.